The highest BCUT2D eigenvalue weighted by atomic mass is 35.5. The van der Waals surface area contributed by atoms with Crippen LogP contribution in [-0.4, -0.2) is 32.2 Å². The molecular weight excluding hydrogens is 258 g/mol. The van der Waals surface area contributed by atoms with Gasteiger partial charge in [-0.1, -0.05) is 11.6 Å². The summed E-state index contributed by atoms with van der Waals surface area (Å²) in [5.74, 6) is -0.503. The number of rotatable bonds is 4. The van der Waals surface area contributed by atoms with Crippen molar-refractivity contribution in [1.29, 1.82) is 0 Å². The van der Waals surface area contributed by atoms with Crippen LogP contribution in [0.3, 0.4) is 0 Å². The number of amides is 2. The molecule has 18 heavy (non-hydrogen) atoms. The van der Waals surface area contributed by atoms with Crippen molar-refractivity contribution in [2.24, 2.45) is 5.73 Å². The van der Waals surface area contributed by atoms with Crippen molar-refractivity contribution >= 4 is 29.3 Å². The molecule has 7 heteroatoms. The number of hydrogen-bond donors (Lipinski definition) is 3. The monoisotopic (exact) mass is 271 g/mol. The van der Waals surface area contributed by atoms with Crippen molar-refractivity contribution in [3.63, 3.8) is 0 Å². The van der Waals surface area contributed by atoms with E-state index in [2.05, 4.69) is 15.4 Å². The largest absolute Gasteiger partial charge is 0.465 e. The summed E-state index contributed by atoms with van der Waals surface area (Å²) in [5, 5.41) is 5.36. The Morgan fingerprint density at radius 2 is 2.17 bits per heavy atom. The number of anilines is 1. The molecule has 6 nitrogen and oxygen atoms in total. The van der Waals surface area contributed by atoms with E-state index in [0.29, 0.717) is 29.4 Å². The average molecular weight is 272 g/mol. The third-order valence-electron chi connectivity index (χ3n) is 2.07. The van der Waals surface area contributed by atoms with E-state index < -0.39 is 12.0 Å². The van der Waals surface area contributed by atoms with Gasteiger partial charge in [-0.15, -0.1) is 0 Å². The van der Waals surface area contributed by atoms with Crippen LogP contribution in [0.15, 0.2) is 18.2 Å². The van der Waals surface area contributed by atoms with Crippen LogP contribution < -0.4 is 16.4 Å². The summed E-state index contributed by atoms with van der Waals surface area (Å²) in [5.41, 5.74) is 5.88. The molecule has 0 atom stereocenters. The maximum Gasteiger partial charge on any atom is 0.337 e. The quantitative estimate of drug-likeness (QED) is 0.718. The summed E-state index contributed by atoms with van der Waals surface area (Å²) < 4.78 is 4.57. The number of ether oxygens (including phenoxy) is 1. The molecule has 0 heterocycles. The third kappa shape index (κ3) is 3.90. The lowest BCUT2D eigenvalue weighted by Crippen LogP contribution is -2.33. The number of carbonyl (C=O) groups excluding carboxylic acids is 2. The fourth-order valence-electron chi connectivity index (χ4n) is 1.22. The van der Waals surface area contributed by atoms with Gasteiger partial charge in [0.2, 0.25) is 0 Å². The Hall–Kier alpha value is -1.79. The van der Waals surface area contributed by atoms with Crippen molar-refractivity contribution in [2.45, 2.75) is 0 Å². The Morgan fingerprint density at radius 3 is 2.78 bits per heavy atom. The van der Waals surface area contributed by atoms with Gasteiger partial charge in [-0.3, -0.25) is 0 Å². The summed E-state index contributed by atoms with van der Waals surface area (Å²) in [4.78, 5) is 22.7. The maximum absolute atomic E-state index is 11.4. The summed E-state index contributed by atoms with van der Waals surface area (Å²) in [7, 11) is 1.28. The number of esters is 1. The molecule has 0 fully saturated rings. The Labute approximate surface area is 109 Å². The molecule has 1 rings (SSSR count). The van der Waals surface area contributed by atoms with E-state index in [9.17, 15) is 9.59 Å². The van der Waals surface area contributed by atoms with E-state index in [4.69, 9.17) is 17.3 Å². The Morgan fingerprint density at radius 1 is 1.44 bits per heavy atom. The standard InChI is InChI=1S/C11H14ClN3O3/c1-18-10(16)7-2-3-8(12)9(6-7)15-11(17)14-5-4-13/h2-3,6H,4-5,13H2,1H3,(H2,14,15,17). The zero-order chi connectivity index (χ0) is 13.5. The first-order valence-corrected chi connectivity index (χ1v) is 5.59. The highest BCUT2D eigenvalue weighted by molar-refractivity contribution is 6.33. The normalized spacial score (nSPS) is 9.72. The van der Waals surface area contributed by atoms with Gasteiger partial charge in [0.05, 0.1) is 23.4 Å². The van der Waals surface area contributed by atoms with Crippen molar-refractivity contribution < 1.29 is 14.3 Å². The van der Waals surface area contributed by atoms with Crippen LogP contribution in [0, 0.1) is 0 Å². The number of nitrogens with one attached hydrogen (secondary N) is 2. The number of carbonyl (C=O) groups is 2. The summed E-state index contributed by atoms with van der Waals surface area (Å²) in [6.45, 7) is 0.684. The van der Waals surface area contributed by atoms with Gasteiger partial charge >= 0.3 is 12.0 Å². The predicted molar refractivity (Wildman–Crippen MR) is 68.9 cm³/mol. The molecule has 1 aromatic carbocycles. The number of urea groups is 1. The van der Waals surface area contributed by atoms with E-state index in [0.717, 1.165) is 0 Å². The second-order valence-corrected chi connectivity index (χ2v) is 3.76. The van der Waals surface area contributed by atoms with Gasteiger partial charge in [-0.2, -0.15) is 0 Å². The van der Waals surface area contributed by atoms with Crippen LogP contribution in [0.2, 0.25) is 5.02 Å². The van der Waals surface area contributed by atoms with Crippen LogP contribution in [0.25, 0.3) is 0 Å². The molecule has 1 aromatic rings. The predicted octanol–water partition coefficient (Wildman–Crippen LogP) is 1.21. The lowest BCUT2D eigenvalue weighted by Gasteiger charge is -2.09. The topological polar surface area (TPSA) is 93.4 Å². The van der Waals surface area contributed by atoms with Crippen LogP contribution in [0.4, 0.5) is 10.5 Å². The van der Waals surface area contributed by atoms with Crippen LogP contribution >= 0.6 is 11.6 Å². The first-order chi connectivity index (χ1) is 8.58. The van der Waals surface area contributed by atoms with E-state index in [1.54, 1.807) is 0 Å². The number of methoxy groups -OCH3 is 1. The van der Waals surface area contributed by atoms with Gasteiger partial charge in [0, 0.05) is 13.1 Å². The first kappa shape index (κ1) is 14.3. The Balaban J connectivity index is 2.81. The minimum atomic E-state index is -0.503. The zero-order valence-corrected chi connectivity index (χ0v) is 10.6. The Kier molecular flexibility index (Phi) is 5.41. The number of nitrogens with two attached hydrogens (primary N) is 1. The lowest BCUT2D eigenvalue weighted by atomic mass is 10.2. The van der Waals surface area contributed by atoms with Crippen LogP contribution in [0.5, 0.6) is 0 Å². The summed E-state index contributed by atoms with van der Waals surface area (Å²) in [6.07, 6.45) is 0. The average Bonchev–Trinajstić information content (AvgIpc) is 2.38. The van der Waals surface area contributed by atoms with E-state index in [-0.39, 0.29) is 0 Å². The third-order valence-corrected chi connectivity index (χ3v) is 2.40. The summed E-state index contributed by atoms with van der Waals surface area (Å²) >= 11 is 5.90. The molecule has 0 bridgehead atoms. The van der Waals surface area contributed by atoms with Crippen molar-refractivity contribution in [2.75, 3.05) is 25.5 Å². The second kappa shape index (κ2) is 6.83. The molecule has 2 amide bonds. The first-order valence-electron chi connectivity index (χ1n) is 5.21. The van der Waals surface area contributed by atoms with Crippen molar-refractivity contribution in [3.8, 4) is 0 Å². The van der Waals surface area contributed by atoms with E-state index in [1.807, 2.05) is 0 Å². The van der Waals surface area contributed by atoms with E-state index in [1.165, 1.54) is 25.3 Å². The molecule has 0 saturated carbocycles. The van der Waals surface area contributed by atoms with Gasteiger partial charge < -0.3 is 21.1 Å². The number of halogens is 1. The molecular formula is C11H14ClN3O3. The lowest BCUT2D eigenvalue weighted by molar-refractivity contribution is 0.0600. The van der Waals surface area contributed by atoms with Crippen LogP contribution in [-0.2, 0) is 4.74 Å². The molecule has 98 valence electrons. The maximum atomic E-state index is 11.4. The molecule has 0 saturated heterocycles. The molecule has 0 aromatic heterocycles. The van der Waals surface area contributed by atoms with Crippen molar-refractivity contribution in [3.05, 3.63) is 28.8 Å². The minimum Gasteiger partial charge on any atom is -0.465 e. The fourth-order valence-corrected chi connectivity index (χ4v) is 1.38. The summed E-state index contributed by atoms with van der Waals surface area (Å²) in [6, 6.07) is 4.02. The smallest absolute Gasteiger partial charge is 0.337 e. The number of hydrogen-bond acceptors (Lipinski definition) is 4. The zero-order valence-electron chi connectivity index (χ0n) is 9.83. The van der Waals surface area contributed by atoms with Gasteiger partial charge in [0.1, 0.15) is 0 Å². The van der Waals surface area contributed by atoms with Gasteiger partial charge in [0.15, 0.2) is 0 Å². The molecule has 0 aliphatic rings. The highest BCUT2D eigenvalue weighted by Crippen LogP contribution is 2.23. The fraction of sp³-hybridized carbons (Fsp3) is 0.273. The van der Waals surface area contributed by atoms with Gasteiger partial charge in [0.25, 0.3) is 0 Å². The Bertz CT molecular complexity index is 451. The molecule has 0 unspecified atom stereocenters. The SMILES string of the molecule is COC(=O)c1ccc(Cl)c(NC(=O)NCCN)c1. The van der Waals surface area contributed by atoms with Gasteiger partial charge in [-0.05, 0) is 18.2 Å². The molecule has 0 spiro atoms. The van der Waals surface area contributed by atoms with E-state index >= 15 is 0 Å². The van der Waals surface area contributed by atoms with Crippen molar-refractivity contribution in [1.82, 2.24) is 5.32 Å². The van der Waals surface area contributed by atoms with Crippen LogP contribution in [0.1, 0.15) is 10.4 Å². The number of benzene rings is 1. The molecule has 0 radical (unpaired) electrons. The molecule has 4 N–H and O–H groups in total. The van der Waals surface area contributed by atoms with Gasteiger partial charge in [-0.25, -0.2) is 9.59 Å². The molecule has 0 aliphatic heterocycles. The molecule has 0 aliphatic carbocycles. The second-order valence-electron chi connectivity index (χ2n) is 3.36. The highest BCUT2D eigenvalue weighted by Gasteiger charge is 2.10. The minimum absolute atomic E-state index is 0.302.